The number of ether oxygens (including phenoxy) is 1. The lowest BCUT2D eigenvalue weighted by atomic mass is 10.0. The van der Waals surface area contributed by atoms with Gasteiger partial charge >= 0.3 is 11.9 Å². The zero-order chi connectivity index (χ0) is 13.4. The number of piperazine rings is 1. The van der Waals surface area contributed by atoms with Crippen molar-refractivity contribution in [3.63, 3.8) is 0 Å². The molecule has 0 saturated carbocycles. The third kappa shape index (κ3) is 2.00. The highest BCUT2D eigenvalue weighted by Gasteiger charge is 2.31. The molecule has 6 nitrogen and oxygen atoms in total. The van der Waals surface area contributed by atoms with E-state index in [0.29, 0.717) is 18.7 Å². The Balaban J connectivity index is 1.90. The molecule has 2 aliphatic heterocycles. The molecule has 0 aromatic heterocycles. The minimum Gasteiger partial charge on any atom is -0.386 e. The zero-order valence-electron chi connectivity index (χ0n) is 10.1. The maximum Gasteiger partial charge on any atom is 0.346 e. The molecule has 1 aromatic rings. The van der Waals surface area contributed by atoms with E-state index in [4.69, 9.17) is 0 Å². The number of cyclic esters (lactones) is 2. The summed E-state index contributed by atoms with van der Waals surface area (Å²) in [4.78, 5) is 36.7. The van der Waals surface area contributed by atoms with E-state index in [1.807, 2.05) is 0 Å². The fourth-order valence-electron chi connectivity index (χ4n) is 2.27. The van der Waals surface area contributed by atoms with E-state index in [2.05, 4.69) is 10.1 Å². The Bertz CT molecular complexity index is 576. The molecule has 1 aromatic carbocycles. The van der Waals surface area contributed by atoms with Gasteiger partial charge in [-0.15, -0.1) is 0 Å². The number of amides is 1. The molecule has 2 heterocycles. The molecule has 1 N–H and O–H groups in total. The quantitative estimate of drug-likeness (QED) is 0.570. The highest BCUT2D eigenvalue weighted by atomic mass is 16.6. The molecular weight excluding hydrogens is 248 g/mol. The summed E-state index contributed by atoms with van der Waals surface area (Å²) in [7, 11) is 0. The first-order valence-corrected chi connectivity index (χ1v) is 6.07. The standard InChI is InChI=1S/C13H12N2O4/c16-11(15-5-3-14-4-6-15)8-1-2-9-10(7-8)13(18)19-12(9)17/h1-2,7,14H,3-6H2. The van der Waals surface area contributed by atoms with Gasteiger partial charge in [0.1, 0.15) is 0 Å². The van der Waals surface area contributed by atoms with Crippen LogP contribution in [0, 0.1) is 0 Å². The number of nitrogens with one attached hydrogen (secondary N) is 1. The number of benzene rings is 1. The Morgan fingerprint density at radius 3 is 2.53 bits per heavy atom. The van der Waals surface area contributed by atoms with Crippen LogP contribution in [0.25, 0.3) is 0 Å². The summed E-state index contributed by atoms with van der Waals surface area (Å²) in [6, 6.07) is 4.47. The topological polar surface area (TPSA) is 75.7 Å². The second kappa shape index (κ2) is 4.47. The average molecular weight is 260 g/mol. The molecule has 2 aliphatic rings. The number of fused-ring (bicyclic) bond motifs is 1. The van der Waals surface area contributed by atoms with Crippen LogP contribution in [-0.4, -0.2) is 48.9 Å². The normalized spacial score (nSPS) is 18.2. The first kappa shape index (κ1) is 11.9. The zero-order valence-corrected chi connectivity index (χ0v) is 10.1. The highest BCUT2D eigenvalue weighted by Crippen LogP contribution is 2.21. The van der Waals surface area contributed by atoms with Crippen molar-refractivity contribution in [2.75, 3.05) is 26.2 Å². The maximum absolute atomic E-state index is 12.2. The van der Waals surface area contributed by atoms with E-state index < -0.39 is 11.9 Å². The largest absolute Gasteiger partial charge is 0.386 e. The number of esters is 2. The number of rotatable bonds is 1. The Hall–Kier alpha value is -2.21. The van der Waals surface area contributed by atoms with Crippen LogP contribution in [-0.2, 0) is 4.74 Å². The van der Waals surface area contributed by atoms with E-state index in [-0.39, 0.29) is 17.0 Å². The number of hydrogen-bond donors (Lipinski definition) is 1. The Labute approximate surface area is 109 Å². The summed E-state index contributed by atoms with van der Waals surface area (Å²) in [5.74, 6) is -1.47. The monoisotopic (exact) mass is 260 g/mol. The molecular formula is C13H12N2O4. The van der Waals surface area contributed by atoms with Crippen molar-refractivity contribution in [1.29, 1.82) is 0 Å². The van der Waals surface area contributed by atoms with Gasteiger partial charge in [-0.3, -0.25) is 4.79 Å². The first-order chi connectivity index (χ1) is 9.16. The van der Waals surface area contributed by atoms with Gasteiger partial charge in [-0.25, -0.2) is 9.59 Å². The van der Waals surface area contributed by atoms with E-state index in [0.717, 1.165) is 13.1 Å². The van der Waals surface area contributed by atoms with Crippen LogP contribution >= 0.6 is 0 Å². The summed E-state index contributed by atoms with van der Waals surface area (Å²) in [5.41, 5.74) is 0.806. The van der Waals surface area contributed by atoms with Gasteiger partial charge in [0.15, 0.2) is 0 Å². The Kier molecular flexibility index (Phi) is 2.79. The van der Waals surface area contributed by atoms with Crippen LogP contribution < -0.4 is 5.32 Å². The molecule has 1 fully saturated rings. The molecule has 0 bridgehead atoms. The SMILES string of the molecule is O=C1OC(=O)c2cc(C(=O)N3CCNCC3)ccc21. The highest BCUT2D eigenvalue weighted by molar-refractivity contribution is 6.15. The van der Waals surface area contributed by atoms with Gasteiger partial charge in [-0.1, -0.05) is 0 Å². The molecule has 0 radical (unpaired) electrons. The van der Waals surface area contributed by atoms with Gasteiger partial charge < -0.3 is 15.0 Å². The smallest absolute Gasteiger partial charge is 0.346 e. The third-order valence-corrected chi connectivity index (χ3v) is 3.30. The molecule has 0 spiro atoms. The van der Waals surface area contributed by atoms with Gasteiger partial charge in [-0.05, 0) is 18.2 Å². The second-order valence-corrected chi connectivity index (χ2v) is 4.48. The summed E-state index contributed by atoms with van der Waals surface area (Å²) in [5, 5.41) is 3.16. The van der Waals surface area contributed by atoms with Crippen molar-refractivity contribution in [1.82, 2.24) is 10.2 Å². The molecule has 19 heavy (non-hydrogen) atoms. The van der Waals surface area contributed by atoms with Gasteiger partial charge in [-0.2, -0.15) is 0 Å². The molecule has 6 heteroatoms. The summed E-state index contributed by atoms with van der Waals surface area (Å²) >= 11 is 0. The van der Waals surface area contributed by atoms with Gasteiger partial charge in [0, 0.05) is 31.7 Å². The fourth-order valence-corrected chi connectivity index (χ4v) is 2.27. The number of hydrogen-bond acceptors (Lipinski definition) is 5. The van der Waals surface area contributed by atoms with Gasteiger partial charge in [0.05, 0.1) is 11.1 Å². The summed E-state index contributed by atoms with van der Waals surface area (Å²) in [6.45, 7) is 2.80. The molecule has 0 unspecified atom stereocenters. The van der Waals surface area contributed by atoms with Crippen LogP contribution in [0.3, 0.4) is 0 Å². The first-order valence-electron chi connectivity index (χ1n) is 6.07. The minimum absolute atomic E-state index is 0.128. The van der Waals surface area contributed by atoms with E-state index in [1.54, 1.807) is 11.0 Å². The third-order valence-electron chi connectivity index (χ3n) is 3.30. The Morgan fingerprint density at radius 2 is 1.79 bits per heavy atom. The van der Waals surface area contributed by atoms with Crippen molar-refractivity contribution < 1.29 is 19.1 Å². The van der Waals surface area contributed by atoms with Crippen molar-refractivity contribution in [2.24, 2.45) is 0 Å². The van der Waals surface area contributed by atoms with Crippen LogP contribution in [0.5, 0.6) is 0 Å². The van der Waals surface area contributed by atoms with Gasteiger partial charge in [0.2, 0.25) is 0 Å². The second-order valence-electron chi connectivity index (χ2n) is 4.48. The molecule has 3 rings (SSSR count). The fraction of sp³-hybridized carbons (Fsp3) is 0.308. The van der Waals surface area contributed by atoms with E-state index in [1.165, 1.54) is 12.1 Å². The van der Waals surface area contributed by atoms with Crippen LogP contribution in [0.2, 0.25) is 0 Å². The van der Waals surface area contributed by atoms with Crippen molar-refractivity contribution >= 4 is 17.8 Å². The van der Waals surface area contributed by atoms with Gasteiger partial charge in [0.25, 0.3) is 5.91 Å². The predicted octanol–water partition coefficient (Wildman–Crippen LogP) is 0.0426. The predicted molar refractivity (Wildman–Crippen MR) is 65.0 cm³/mol. The Morgan fingerprint density at radius 1 is 1.11 bits per heavy atom. The van der Waals surface area contributed by atoms with Crippen LogP contribution in [0.4, 0.5) is 0 Å². The van der Waals surface area contributed by atoms with Crippen LogP contribution in [0.15, 0.2) is 18.2 Å². The molecule has 0 aliphatic carbocycles. The van der Waals surface area contributed by atoms with Crippen LogP contribution in [0.1, 0.15) is 31.1 Å². The van der Waals surface area contributed by atoms with E-state index in [9.17, 15) is 14.4 Å². The molecule has 1 amide bonds. The molecule has 0 atom stereocenters. The molecule has 98 valence electrons. The average Bonchev–Trinajstić information content (AvgIpc) is 2.74. The maximum atomic E-state index is 12.2. The van der Waals surface area contributed by atoms with Crippen molar-refractivity contribution in [3.05, 3.63) is 34.9 Å². The lowest BCUT2D eigenvalue weighted by Crippen LogP contribution is -2.46. The van der Waals surface area contributed by atoms with Crippen molar-refractivity contribution in [2.45, 2.75) is 0 Å². The lowest BCUT2D eigenvalue weighted by molar-refractivity contribution is 0.0443. The summed E-state index contributed by atoms with van der Waals surface area (Å²) < 4.78 is 4.50. The summed E-state index contributed by atoms with van der Waals surface area (Å²) in [6.07, 6.45) is 0. The minimum atomic E-state index is -0.685. The number of carbonyl (C=O) groups is 3. The lowest BCUT2D eigenvalue weighted by Gasteiger charge is -2.27. The molecule has 1 saturated heterocycles. The van der Waals surface area contributed by atoms with Crippen molar-refractivity contribution in [3.8, 4) is 0 Å². The number of carbonyl (C=O) groups excluding carboxylic acids is 3. The number of nitrogens with zero attached hydrogens (tertiary/aromatic N) is 1. The van der Waals surface area contributed by atoms with E-state index >= 15 is 0 Å².